The van der Waals surface area contributed by atoms with Gasteiger partial charge in [-0.3, -0.25) is 4.79 Å². The highest BCUT2D eigenvalue weighted by molar-refractivity contribution is 5.77. The van der Waals surface area contributed by atoms with Crippen molar-refractivity contribution in [1.82, 2.24) is 4.90 Å². The number of carbonyl (C=O) groups excluding carboxylic acids is 1. The van der Waals surface area contributed by atoms with Gasteiger partial charge in [-0.15, -0.1) is 0 Å². The second-order valence-electron chi connectivity index (χ2n) is 11.8. The third-order valence-electron chi connectivity index (χ3n) is 8.03. The van der Waals surface area contributed by atoms with Crippen LogP contribution in [-0.4, -0.2) is 42.6 Å². The number of nitriles is 1. The molecule has 2 fully saturated rings. The van der Waals surface area contributed by atoms with Crippen LogP contribution in [0, 0.1) is 11.3 Å². The molecule has 2 aliphatic rings. The molecule has 1 aliphatic carbocycles. The Labute approximate surface area is 229 Å². The van der Waals surface area contributed by atoms with Crippen LogP contribution in [0.3, 0.4) is 0 Å². The van der Waals surface area contributed by atoms with Gasteiger partial charge in [0.05, 0.1) is 23.3 Å². The fraction of sp³-hybridized carbons (Fsp3) is 0.548. The van der Waals surface area contributed by atoms with Gasteiger partial charge in [-0.05, 0) is 79.2 Å². The van der Waals surface area contributed by atoms with Gasteiger partial charge in [0.25, 0.3) is 0 Å². The van der Waals surface area contributed by atoms with Crippen LogP contribution in [0.25, 0.3) is 0 Å². The number of hydrogen-bond acceptors (Lipinski definition) is 4. The van der Waals surface area contributed by atoms with Crippen molar-refractivity contribution in [2.75, 3.05) is 25.0 Å². The van der Waals surface area contributed by atoms with Gasteiger partial charge in [0.15, 0.2) is 0 Å². The lowest BCUT2D eigenvalue weighted by atomic mass is 9.84. The highest BCUT2D eigenvalue weighted by Gasteiger charge is 2.34. The SMILES string of the molecule is CC(C)(C)c1ccc(C2CCN(C(=O)COC3CCC(Nc4ccc(C#N)c(C(F)(F)F)c4)CC3)CC2)cc1. The van der Waals surface area contributed by atoms with Gasteiger partial charge in [-0.1, -0.05) is 45.0 Å². The maximum atomic E-state index is 13.2. The van der Waals surface area contributed by atoms with E-state index in [2.05, 4.69) is 50.4 Å². The molecule has 0 unspecified atom stereocenters. The van der Waals surface area contributed by atoms with Gasteiger partial charge < -0.3 is 15.0 Å². The lowest BCUT2D eigenvalue weighted by Crippen LogP contribution is -2.41. The highest BCUT2D eigenvalue weighted by Crippen LogP contribution is 2.35. The number of piperidine rings is 1. The minimum Gasteiger partial charge on any atom is -0.382 e. The molecule has 1 aliphatic heterocycles. The summed E-state index contributed by atoms with van der Waals surface area (Å²) in [6.07, 6.45) is 0.232. The molecule has 210 valence electrons. The Kier molecular flexibility index (Phi) is 8.90. The summed E-state index contributed by atoms with van der Waals surface area (Å²) in [6, 6.07) is 14.2. The maximum Gasteiger partial charge on any atom is 0.417 e. The quantitative estimate of drug-likeness (QED) is 0.427. The van der Waals surface area contributed by atoms with Crippen molar-refractivity contribution >= 4 is 11.6 Å². The van der Waals surface area contributed by atoms with Crippen LogP contribution < -0.4 is 5.32 Å². The molecule has 1 heterocycles. The number of carbonyl (C=O) groups is 1. The van der Waals surface area contributed by atoms with Gasteiger partial charge in [0.2, 0.25) is 5.91 Å². The molecule has 1 amide bonds. The first-order valence-electron chi connectivity index (χ1n) is 13.8. The number of rotatable bonds is 6. The Morgan fingerprint density at radius 3 is 2.21 bits per heavy atom. The van der Waals surface area contributed by atoms with E-state index >= 15 is 0 Å². The lowest BCUT2D eigenvalue weighted by molar-refractivity contribution is -0.140. The lowest BCUT2D eigenvalue weighted by Gasteiger charge is -2.34. The molecule has 1 saturated carbocycles. The predicted octanol–water partition coefficient (Wildman–Crippen LogP) is 7.02. The van der Waals surface area contributed by atoms with Crippen molar-refractivity contribution in [3.8, 4) is 6.07 Å². The fourth-order valence-electron chi connectivity index (χ4n) is 5.57. The van der Waals surface area contributed by atoms with Gasteiger partial charge in [-0.25, -0.2) is 0 Å². The van der Waals surface area contributed by atoms with E-state index in [-0.39, 0.29) is 35.6 Å². The van der Waals surface area contributed by atoms with Crippen molar-refractivity contribution in [3.63, 3.8) is 0 Å². The zero-order valence-electron chi connectivity index (χ0n) is 23.0. The molecule has 39 heavy (non-hydrogen) atoms. The third-order valence-corrected chi connectivity index (χ3v) is 8.03. The molecule has 0 bridgehead atoms. The normalized spacial score (nSPS) is 20.9. The first-order valence-corrected chi connectivity index (χ1v) is 13.8. The van der Waals surface area contributed by atoms with Gasteiger partial charge >= 0.3 is 6.18 Å². The standard InChI is InChI=1S/C31H38F3N3O2/c1-30(2,3)24-7-4-21(5-8-24)22-14-16-37(17-15-22)29(38)20-39-27-12-10-25(11-13-27)36-26-9-6-23(19-35)28(18-26)31(32,33)34/h4-9,18,22,25,27,36H,10-17,20H2,1-3H3. The van der Waals surface area contributed by atoms with Crippen LogP contribution in [0.1, 0.15) is 87.5 Å². The summed E-state index contributed by atoms with van der Waals surface area (Å²) < 4.78 is 45.7. The fourth-order valence-corrected chi connectivity index (χ4v) is 5.57. The molecule has 2 aromatic rings. The maximum absolute atomic E-state index is 13.2. The monoisotopic (exact) mass is 541 g/mol. The van der Waals surface area contributed by atoms with E-state index < -0.39 is 11.7 Å². The van der Waals surface area contributed by atoms with Crippen molar-refractivity contribution in [2.24, 2.45) is 0 Å². The van der Waals surface area contributed by atoms with Crippen LogP contribution in [0.5, 0.6) is 0 Å². The van der Waals surface area contributed by atoms with Crippen LogP contribution >= 0.6 is 0 Å². The minimum atomic E-state index is -4.58. The van der Waals surface area contributed by atoms with E-state index in [1.54, 1.807) is 6.07 Å². The van der Waals surface area contributed by atoms with Crippen LogP contribution in [-0.2, 0) is 21.1 Å². The van der Waals surface area contributed by atoms with Crippen LogP contribution in [0.2, 0.25) is 0 Å². The summed E-state index contributed by atoms with van der Waals surface area (Å²) in [4.78, 5) is 14.7. The summed E-state index contributed by atoms with van der Waals surface area (Å²) >= 11 is 0. The Morgan fingerprint density at radius 2 is 1.64 bits per heavy atom. The zero-order valence-corrected chi connectivity index (χ0v) is 23.0. The summed E-state index contributed by atoms with van der Waals surface area (Å²) in [6.45, 7) is 8.17. The van der Waals surface area contributed by atoms with E-state index in [0.29, 0.717) is 11.6 Å². The topological polar surface area (TPSA) is 65.4 Å². The molecular weight excluding hydrogens is 503 g/mol. The van der Waals surface area contributed by atoms with Crippen LogP contribution in [0.15, 0.2) is 42.5 Å². The largest absolute Gasteiger partial charge is 0.417 e. The summed E-state index contributed by atoms with van der Waals surface area (Å²) in [7, 11) is 0. The summed E-state index contributed by atoms with van der Waals surface area (Å²) in [5, 5.41) is 12.1. The Morgan fingerprint density at radius 1 is 1.00 bits per heavy atom. The molecule has 8 heteroatoms. The second kappa shape index (κ2) is 12.0. The number of halogens is 3. The number of nitrogens with zero attached hydrogens (tertiary/aromatic N) is 2. The highest BCUT2D eigenvalue weighted by atomic mass is 19.4. The molecule has 5 nitrogen and oxygen atoms in total. The van der Waals surface area contributed by atoms with Gasteiger partial charge in [0.1, 0.15) is 6.61 Å². The van der Waals surface area contributed by atoms with Crippen molar-refractivity contribution in [3.05, 3.63) is 64.7 Å². The first-order chi connectivity index (χ1) is 18.4. The van der Waals surface area contributed by atoms with E-state index in [9.17, 15) is 18.0 Å². The summed E-state index contributed by atoms with van der Waals surface area (Å²) in [5.41, 5.74) is 1.85. The van der Waals surface area contributed by atoms with Gasteiger partial charge in [0, 0.05) is 24.8 Å². The molecular formula is C31H38F3N3O2. The number of benzene rings is 2. The zero-order chi connectivity index (χ0) is 28.2. The Bertz CT molecular complexity index is 1170. The van der Waals surface area contributed by atoms with E-state index in [1.165, 1.54) is 23.3 Å². The molecule has 1 saturated heterocycles. The van der Waals surface area contributed by atoms with Gasteiger partial charge in [-0.2, -0.15) is 18.4 Å². The molecule has 0 spiro atoms. The smallest absolute Gasteiger partial charge is 0.382 e. The first kappa shape index (κ1) is 28.9. The number of ether oxygens (including phenoxy) is 1. The molecule has 2 aromatic carbocycles. The second-order valence-corrected chi connectivity index (χ2v) is 11.8. The molecule has 0 atom stereocenters. The number of anilines is 1. The van der Waals surface area contributed by atoms with Crippen molar-refractivity contribution in [1.29, 1.82) is 5.26 Å². The average molecular weight is 542 g/mol. The molecule has 4 rings (SSSR count). The Hall–Kier alpha value is -3.05. The van der Waals surface area contributed by atoms with E-state index in [1.807, 2.05) is 4.90 Å². The Balaban J connectivity index is 1.18. The predicted molar refractivity (Wildman–Crippen MR) is 145 cm³/mol. The third kappa shape index (κ3) is 7.54. The number of amides is 1. The number of hydrogen-bond donors (Lipinski definition) is 1. The van der Waals surface area contributed by atoms with Crippen molar-refractivity contribution < 1.29 is 22.7 Å². The van der Waals surface area contributed by atoms with E-state index in [4.69, 9.17) is 10.00 Å². The van der Waals surface area contributed by atoms with Crippen molar-refractivity contribution in [2.45, 2.75) is 89.0 Å². The minimum absolute atomic E-state index is 0.0195. The molecule has 1 N–H and O–H groups in total. The average Bonchev–Trinajstić information content (AvgIpc) is 2.91. The van der Waals surface area contributed by atoms with Crippen LogP contribution in [0.4, 0.5) is 18.9 Å². The number of alkyl halides is 3. The number of nitrogens with one attached hydrogen (secondary N) is 1. The summed E-state index contributed by atoms with van der Waals surface area (Å²) in [5.74, 6) is 0.490. The molecule has 0 radical (unpaired) electrons. The number of likely N-dealkylation sites (tertiary alicyclic amines) is 1. The molecule has 0 aromatic heterocycles. The van der Waals surface area contributed by atoms with E-state index in [0.717, 1.165) is 57.7 Å².